The maximum Gasteiger partial charge on any atom is 0.244 e. The first-order valence-electron chi connectivity index (χ1n) is 6.42. The molecule has 1 aromatic carbocycles. The smallest absolute Gasteiger partial charge is 0.244 e. The summed E-state index contributed by atoms with van der Waals surface area (Å²) in [5.74, 6) is -0.372. The van der Waals surface area contributed by atoms with Crippen LogP contribution in [0, 0.1) is 5.82 Å². The first kappa shape index (κ1) is 13.8. The molecule has 1 unspecified atom stereocenters. The van der Waals surface area contributed by atoms with Crippen molar-refractivity contribution in [1.29, 1.82) is 0 Å². The molecule has 19 heavy (non-hydrogen) atoms. The summed E-state index contributed by atoms with van der Waals surface area (Å²) >= 11 is 0. The maximum atomic E-state index is 14.0. The van der Waals surface area contributed by atoms with E-state index in [9.17, 15) is 9.18 Å². The first-order chi connectivity index (χ1) is 8.94. The molecule has 1 atom stereocenters. The van der Waals surface area contributed by atoms with E-state index in [0.29, 0.717) is 18.8 Å². The van der Waals surface area contributed by atoms with E-state index in [0.717, 1.165) is 0 Å². The van der Waals surface area contributed by atoms with Gasteiger partial charge in [-0.05, 0) is 33.0 Å². The number of likely N-dealkylation sites (N-methyl/N-ethyl adjacent to an activating group) is 1. The fourth-order valence-corrected chi connectivity index (χ4v) is 2.47. The van der Waals surface area contributed by atoms with Gasteiger partial charge in [-0.2, -0.15) is 0 Å². The van der Waals surface area contributed by atoms with Gasteiger partial charge < -0.3 is 15.5 Å². The van der Waals surface area contributed by atoms with Crippen molar-refractivity contribution in [2.45, 2.75) is 25.4 Å². The summed E-state index contributed by atoms with van der Waals surface area (Å²) in [4.78, 5) is 14.0. The van der Waals surface area contributed by atoms with Crippen LogP contribution in [0.3, 0.4) is 0 Å². The lowest BCUT2D eigenvalue weighted by atomic mass is 9.97. The number of piperazine rings is 1. The van der Waals surface area contributed by atoms with Gasteiger partial charge in [0.05, 0.1) is 11.2 Å². The van der Waals surface area contributed by atoms with Crippen molar-refractivity contribution in [3.05, 3.63) is 30.1 Å². The van der Waals surface area contributed by atoms with Crippen LogP contribution in [0.25, 0.3) is 0 Å². The Balaban J connectivity index is 2.37. The quantitative estimate of drug-likeness (QED) is 0.861. The van der Waals surface area contributed by atoms with Gasteiger partial charge in [-0.1, -0.05) is 12.1 Å². The van der Waals surface area contributed by atoms with Gasteiger partial charge in [0.2, 0.25) is 5.91 Å². The Hall–Kier alpha value is -1.62. The molecule has 0 bridgehead atoms. The van der Waals surface area contributed by atoms with Crippen molar-refractivity contribution in [3.8, 4) is 0 Å². The predicted octanol–water partition coefficient (Wildman–Crippen LogP) is 1.13. The number of benzene rings is 1. The average Bonchev–Trinajstić information content (AvgIpc) is 2.32. The second-order valence-electron chi connectivity index (χ2n) is 5.53. The van der Waals surface area contributed by atoms with Crippen molar-refractivity contribution < 1.29 is 9.18 Å². The molecule has 0 saturated carbocycles. The summed E-state index contributed by atoms with van der Waals surface area (Å²) in [6.45, 7) is 4.94. The van der Waals surface area contributed by atoms with Crippen LogP contribution in [0.1, 0.15) is 13.8 Å². The van der Waals surface area contributed by atoms with E-state index in [1.54, 1.807) is 25.2 Å². The molecule has 1 saturated heterocycles. The van der Waals surface area contributed by atoms with Gasteiger partial charge in [0, 0.05) is 13.1 Å². The Kier molecular flexibility index (Phi) is 3.75. The SMILES string of the molecule is CNCC1C(=O)NC(C)(C)CN1c1ccccc1F. The summed E-state index contributed by atoms with van der Waals surface area (Å²) < 4.78 is 14.0. The number of hydrogen-bond donors (Lipinski definition) is 2. The van der Waals surface area contributed by atoms with Crippen LogP contribution in [-0.4, -0.2) is 37.6 Å². The second-order valence-corrected chi connectivity index (χ2v) is 5.53. The Morgan fingerprint density at radius 2 is 2.16 bits per heavy atom. The Morgan fingerprint density at radius 1 is 1.47 bits per heavy atom. The Morgan fingerprint density at radius 3 is 2.79 bits per heavy atom. The van der Waals surface area contributed by atoms with Crippen LogP contribution in [0.5, 0.6) is 0 Å². The van der Waals surface area contributed by atoms with Crippen molar-refractivity contribution in [1.82, 2.24) is 10.6 Å². The number of hydrogen-bond acceptors (Lipinski definition) is 3. The average molecular weight is 265 g/mol. The number of carbonyl (C=O) groups is 1. The molecule has 1 heterocycles. The number of para-hydroxylation sites is 1. The van der Waals surface area contributed by atoms with E-state index in [2.05, 4.69) is 10.6 Å². The van der Waals surface area contributed by atoms with Gasteiger partial charge in [0.25, 0.3) is 0 Å². The van der Waals surface area contributed by atoms with E-state index in [-0.39, 0.29) is 17.3 Å². The minimum Gasteiger partial charge on any atom is -0.354 e. The molecular weight excluding hydrogens is 245 g/mol. The van der Waals surface area contributed by atoms with Crippen LogP contribution in [0.2, 0.25) is 0 Å². The number of carbonyl (C=O) groups excluding carboxylic acids is 1. The third-order valence-electron chi connectivity index (χ3n) is 3.27. The molecule has 1 amide bonds. The highest BCUT2D eigenvalue weighted by Gasteiger charge is 2.38. The molecule has 5 heteroatoms. The minimum absolute atomic E-state index is 0.0751. The summed E-state index contributed by atoms with van der Waals surface area (Å²) in [7, 11) is 1.78. The first-order valence-corrected chi connectivity index (χ1v) is 6.42. The van der Waals surface area contributed by atoms with E-state index < -0.39 is 6.04 Å². The Bertz CT molecular complexity index is 476. The zero-order valence-electron chi connectivity index (χ0n) is 11.5. The largest absolute Gasteiger partial charge is 0.354 e. The molecule has 1 fully saturated rings. The van der Waals surface area contributed by atoms with Gasteiger partial charge in [0.1, 0.15) is 11.9 Å². The van der Waals surface area contributed by atoms with Gasteiger partial charge in [0.15, 0.2) is 0 Å². The zero-order chi connectivity index (χ0) is 14.0. The van der Waals surface area contributed by atoms with Crippen molar-refractivity contribution in [3.63, 3.8) is 0 Å². The van der Waals surface area contributed by atoms with Crippen LogP contribution in [0.15, 0.2) is 24.3 Å². The summed E-state index contributed by atoms with van der Waals surface area (Å²) in [6.07, 6.45) is 0. The third-order valence-corrected chi connectivity index (χ3v) is 3.27. The van der Waals surface area contributed by atoms with E-state index in [1.165, 1.54) is 6.07 Å². The zero-order valence-corrected chi connectivity index (χ0v) is 11.5. The summed E-state index contributed by atoms with van der Waals surface area (Å²) in [6, 6.07) is 6.18. The van der Waals surface area contributed by atoms with Gasteiger partial charge in [-0.15, -0.1) is 0 Å². The molecule has 4 nitrogen and oxygen atoms in total. The van der Waals surface area contributed by atoms with Crippen LogP contribution >= 0.6 is 0 Å². The normalized spacial score (nSPS) is 22.2. The predicted molar refractivity (Wildman–Crippen MR) is 73.7 cm³/mol. The van der Waals surface area contributed by atoms with Crippen LogP contribution in [-0.2, 0) is 4.79 Å². The minimum atomic E-state index is -0.394. The van der Waals surface area contributed by atoms with E-state index in [4.69, 9.17) is 0 Å². The molecule has 1 aromatic rings. The van der Waals surface area contributed by atoms with Gasteiger partial charge >= 0.3 is 0 Å². The Labute approximate surface area is 113 Å². The molecule has 1 aliphatic heterocycles. The highest BCUT2D eigenvalue weighted by molar-refractivity contribution is 5.87. The lowest BCUT2D eigenvalue weighted by Crippen LogP contribution is -2.67. The molecule has 2 rings (SSSR count). The van der Waals surface area contributed by atoms with Crippen molar-refractivity contribution in [2.75, 3.05) is 25.0 Å². The monoisotopic (exact) mass is 265 g/mol. The number of anilines is 1. The summed E-state index contributed by atoms with van der Waals surface area (Å²) in [5, 5.41) is 5.96. The van der Waals surface area contributed by atoms with E-state index in [1.807, 2.05) is 18.7 Å². The number of halogens is 1. The third kappa shape index (κ3) is 2.87. The molecule has 0 spiro atoms. The lowest BCUT2D eigenvalue weighted by molar-refractivity contribution is -0.125. The highest BCUT2D eigenvalue weighted by atomic mass is 19.1. The number of nitrogens with zero attached hydrogens (tertiary/aromatic N) is 1. The molecule has 0 aromatic heterocycles. The van der Waals surface area contributed by atoms with Gasteiger partial charge in [-0.3, -0.25) is 4.79 Å². The number of amides is 1. The van der Waals surface area contributed by atoms with Crippen molar-refractivity contribution in [2.24, 2.45) is 0 Å². The van der Waals surface area contributed by atoms with E-state index >= 15 is 0 Å². The lowest BCUT2D eigenvalue weighted by Gasteiger charge is -2.44. The topological polar surface area (TPSA) is 44.4 Å². The molecule has 0 radical (unpaired) electrons. The number of rotatable bonds is 3. The van der Waals surface area contributed by atoms with Crippen molar-refractivity contribution >= 4 is 11.6 Å². The van der Waals surface area contributed by atoms with Crippen LogP contribution in [0.4, 0.5) is 10.1 Å². The summed E-state index contributed by atoms with van der Waals surface area (Å²) in [5.41, 5.74) is 0.106. The highest BCUT2D eigenvalue weighted by Crippen LogP contribution is 2.26. The molecular formula is C14H20FN3O. The standard InChI is InChI=1S/C14H20FN3O/c1-14(2)9-18(11-7-5-4-6-10(11)15)12(8-16-3)13(19)17-14/h4-7,12,16H,8-9H2,1-3H3,(H,17,19). The molecule has 1 aliphatic rings. The fraction of sp³-hybridized carbons (Fsp3) is 0.500. The molecule has 104 valence electrons. The molecule has 2 N–H and O–H groups in total. The maximum absolute atomic E-state index is 14.0. The molecule has 0 aliphatic carbocycles. The van der Waals surface area contributed by atoms with Gasteiger partial charge in [-0.25, -0.2) is 4.39 Å². The second kappa shape index (κ2) is 5.17. The number of nitrogens with one attached hydrogen (secondary N) is 2. The fourth-order valence-electron chi connectivity index (χ4n) is 2.47. The van der Waals surface area contributed by atoms with Crippen LogP contribution < -0.4 is 15.5 Å².